The van der Waals surface area contributed by atoms with E-state index in [1.807, 2.05) is 0 Å². The minimum Gasteiger partial charge on any atom is -0.0622 e. The minimum atomic E-state index is 1.29. The van der Waals surface area contributed by atoms with Crippen LogP contribution in [0.4, 0.5) is 0 Å². The van der Waals surface area contributed by atoms with E-state index in [0.717, 1.165) is 0 Å². The molecule has 21 heavy (non-hydrogen) atoms. The maximum absolute atomic E-state index is 2.32. The zero-order valence-corrected chi connectivity index (χ0v) is 12.9. The van der Waals surface area contributed by atoms with Crippen LogP contribution in [0.5, 0.6) is 0 Å². The monoisotopic (exact) mass is 272 g/mol. The van der Waals surface area contributed by atoms with E-state index < -0.39 is 0 Å². The van der Waals surface area contributed by atoms with Gasteiger partial charge in [-0.2, -0.15) is 0 Å². The molecule has 0 aliphatic rings. The van der Waals surface area contributed by atoms with Gasteiger partial charge in [-0.05, 0) is 59.7 Å². The van der Waals surface area contributed by atoms with Crippen molar-refractivity contribution in [1.82, 2.24) is 0 Å². The molecular weight excluding hydrogens is 252 g/mol. The van der Waals surface area contributed by atoms with Gasteiger partial charge < -0.3 is 0 Å². The fraction of sp³-hybridized carbons (Fsp3) is 0.143. The molecule has 0 heteroatoms. The van der Waals surface area contributed by atoms with E-state index in [9.17, 15) is 0 Å². The highest BCUT2D eigenvalue weighted by Crippen LogP contribution is 2.35. The Labute approximate surface area is 127 Å². The highest BCUT2D eigenvalue weighted by molar-refractivity contribution is 5.79. The first-order chi connectivity index (χ1) is 10.2. The normalized spacial score (nSPS) is 10.6. The van der Waals surface area contributed by atoms with Crippen LogP contribution in [0, 0.1) is 20.8 Å². The van der Waals surface area contributed by atoms with Crippen LogP contribution in [0.1, 0.15) is 16.7 Å². The Hall–Kier alpha value is -2.34. The van der Waals surface area contributed by atoms with Crippen LogP contribution >= 0.6 is 0 Å². The van der Waals surface area contributed by atoms with Crippen LogP contribution in [0.3, 0.4) is 0 Å². The highest BCUT2D eigenvalue weighted by atomic mass is 14.2. The molecule has 3 aromatic rings. The SMILES string of the molecule is Cc1cc(-c2ccccc2)c(C)c(C)c1-c1ccccc1. The Morgan fingerprint density at radius 2 is 1.10 bits per heavy atom. The van der Waals surface area contributed by atoms with E-state index in [0.29, 0.717) is 0 Å². The minimum absolute atomic E-state index is 1.29. The third-order valence-corrected chi connectivity index (χ3v) is 4.24. The summed E-state index contributed by atoms with van der Waals surface area (Å²) in [5, 5.41) is 0. The first kappa shape index (κ1) is 13.6. The Balaban J connectivity index is 2.22. The summed E-state index contributed by atoms with van der Waals surface area (Å²) in [6, 6.07) is 23.6. The van der Waals surface area contributed by atoms with Gasteiger partial charge in [-0.25, -0.2) is 0 Å². The lowest BCUT2D eigenvalue weighted by Gasteiger charge is -2.17. The molecule has 0 saturated heterocycles. The van der Waals surface area contributed by atoms with Crippen molar-refractivity contribution in [3.63, 3.8) is 0 Å². The molecule has 3 aromatic carbocycles. The third kappa shape index (κ3) is 2.50. The van der Waals surface area contributed by atoms with Gasteiger partial charge in [0.05, 0.1) is 0 Å². The molecule has 0 nitrogen and oxygen atoms in total. The summed E-state index contributed by atoms with van der Waals surface area (Å²) >= 11 is 0. The molecule has 0 aliphatic heterocycles. The number of hydrogen-bond acceptors (Lipinski definition) is 0. The van der Waals surface area contributed by atoms with Crippen molar-refractivity contribution in [3.8, 4) is 22.3 Å². The van der Waals surface area contributed by atoms with Gasteiger partial charge in [-0.1, -0.05) is 66.7 Å². The molecule has 0 N–H and O–H groups in total. The lowest BCUT2D eigenvalue weighted by molar-refractivity contribution is 1.30. The number of hydrogen-bond donors (Lipinski definition) is 0. The summed E-state index contributed by atoms with van der Waals surface area (Å²) in [6.45, 7) is 6.67. The fourth-order valence-corrected chi connectivity index (χ4v) is 3.05. The molecule has 3 rings (SSSR count). The second-order valence-corrected chi connectivity index (χ2v) is 5.60. The zero-order valence-electron chi connectivity index (χ0n) is 12.9. The quantitative estimate of drug-likeness (QED) is 0.541. The van der Waals surface area contributed by atoms with Gasteiger partial charge in [-0.15, -0.1) is 0 Å². The second kappa shape index (κ2) is 5.57. The van der Waals surface area contributed by atoms with E-state index in [1.165, 1.54) is 38.9 Å². The second-order valence-electron chi connectivity index (χ2n) is 5.60. The van der Waals surface area contributed by atoms with E-state index in [2.05, 4.69) is 87.5 Å². The lowest BCUT2D eigenvalue weighted by Crippen LogP contribution is -1.95. The molecule has 0 unspecified atom stereocenters. The summed E-state index contributed by atoms with van der Waals surface area (Å²) in [5.41, 5.74) is 9.38. The zero-order chi connectivity index (χ0) is 14.8. The highest BCUT2D eigenvalue weighted by Gasteiger charge is 2.12. The number of rotatable bonds is 2. The molecule has 0 atom stereocenters. The van der Waals surface area contributed by atoms with E-state index in [4.69, 9.17) is 0 Å². The van der Waals surface area contributed by atoms with Crippen LogP contribution in [0.2, 0.25) is 0 Å². The van der Waals surface area contributed by atoms with Crippen molar-refractivity contribution in [2.45, 2.75) is 20.8 Å². The average Bonchev–Trinajstić information content (AvgIpc) is 2.53. The first-order valence-electron chi connectivity index (χ1n) is 7.40. The first-order valence-corrected chi connectivity index (χ1v) is 7.40. The van der Waals surface area contributed by atoms with Crippen LogP contribution < -0.4 is 0 Å². The Morgan fingerprint density at radius 1 is 0.571 bits per heavy atom. The summed E-state index contributed by atoms with van der Waals surface area (Å²) < 4.78 is 0. The van der Waals surface area contributed by atoms with E-state index in [-0.39, 0.29) is 0 Å². The Morgan fingerprint density at radius 3 is 1.67 bits per heavy atom. The number of aryl methyl sites for hydroxylation is 1. The van der Waals surface area contributed by atoms with Crippen LogP contribution in [-0.2, 0) is 0 Å². The van der Waals surface area contributed by atoms with E-state index >= 15 is 0 Å². The fourth-order valence-electron chi connectivity index (χ4n) is 3.05. The predicted molar refractivity (Wildman–Crippen MR) is 91.5 cm³/mol. The van der Waals surface area contributed by atoms with Gasteiger partial charge in [0.25, 0.3) is 0 Å². The topological polar surface area (TPSA) is 0 Å². The summed E-state index contributed by atoms with van der Waals surface area (Å²) in [7, 11) is 0. The van der Waals surface area contributed by atoms with Crippen molar-refractivity contribution < 1.29 is 0 Å². The van der Waals surface area contributed by atoms with Crippen molar-refractivity contribution in [2.24, 2.45) is 0 Å². The molecule has 0 spiro atoms. The van der Waals surface area contributed by atoms with Gasteiger partial charge in [0.2, 0.25) is 0 Å². The summed E-state index contributed by atoms with van der Waals surface area (Å²) in [4.78, 5) is 0. The molecule has 0 fully saturated rings. The van der Waals surface area contributed by atoms with E-state index in [1.54, 1.807) is 0 Å². The molecule has 0 aromatic heterocycles. The van der Waals surface area contributed by atoms with Crippen molar-refractivity contribution in [1.29, 1.82) is 0 Å². The largest absolute Gasteiger partial charge is 0.0622 e. The standard InChI is InChI=1S/C21H20/c1-15-14-20(18-10-6-4-7-11-18)16(2)17(3)21(15)19-12-8-5-9-13-19/h4-14H,1-3H3. The van der Waals surface area contributed by atoms with Gasteiger partial charge in [0.15, 0.2) is 0 Å². The lowest BCUT2D eigenvalue weighted by atomic mass is 9.87. The molecule has 0 radical (unpaired) electrons. The van der Waals surface area contributed by atoms with Gasteiger partial charge in [0, 0.05) is 0 Å². The molecule has 0 amide bonds. The van der Waals surface area contributed by atoms with Crippen molar-refractivity contribution in [3.05, 3.63) is 83.4 Å². The van der Waals surface area contributed by atoms with Gasteiger partial charge >= 0.3 is 0 Å². The average molecular weight is 272 g/mol. The van der Waals surface area contributed by atoms with Crippen molar-refractivity contribution >= 4 is 0 Å². The molecule has 0 aliphatic carbocycles. The third-order valence-electron chi connectivity index (χ3n) is 4.24. The number of benzene rings is 3. The summed E-state index contributed by atoms with van der Waals surface area (Å²) in [6.07, 6.45) is 0. The van der Waals surface area contributed by atoms with Gasteiger partial charge in [0.1, 0.15) is 0 Å². The van der Waals surface area contributed by atoms with Gasteiger partial charge in [-0.3, -0.25) is 0 Å². The Kier molecular flexibility index (Phi) is 3.62. The molecule has 104 valence electrons. The van der Waals surface area contributed by atoms with Crippen LogP contribution in [0.25, 0.3) is 22.3 Å². The maximum Gasteiger partial charge on any atom is -0.0122 e. The summed E-state index contributed by atoms with van der Waals surface area (Å²) in [5.74, 6) is 0. The molecule has 0 bridgehead atoms. The van der Waals surface area contributed by atoms with Crippen LogP contribution in [-0.4, -0.2) is 0 Å². The van der Waals surface area contributed by atoms with Crippen molar-refractivity contribution in [2.75, 3.05) is 0 Å². The molecule has 0 heterocycles. The maximum atomic E-state index is 2.32. The van der Waals surface area contributed by atoms with Crippen LogP contribution in [0.15, 0.2) is 66.7 Å². The molecular formula is C21H20. The Bertz CT molecular complexity index is 753. The molecule has 0 saturated carbocycles. The smallest absolute Gasteiger partial charge is 0.0122 e. The predicted octanol–water partition coefficient (Wildman–Crippen LogP) is 5.95.